The number of para-hydroxylation sites is 1. The molecular weight excluding hydrogens is 508 g/mol. The number of carbonyl (C=O) groups excluding carboxylic acids is 2. The molecule has 1 amide bonds. The van der Waals surface area contributed by atoms with Crippen molar-refractivity contribution in [1.29, 1.82) is 0 Å². The van der Waals surface area contributed by atoms with Crippen LogP contribution in [0.1, 0.15) is 43.6 Å². The molecule has 0 spiro atoms. The van der Waals surface area contributed by atoms with E-state index in [0.717, 1.165) is 36.7 Å². The molecule has 10 heteroatoms. The van der Waals surface area contributed by atoms with Crippen LogP contribution >= 0.6 is 0 Å². The van der Waals surface area contributed by atoms with Gasteiger partial charge in [0.05, 0.1) is 12.1 Å². The average molecular weight is 539 g/mol. The van der Waals surface area contributed by atoms with Crippen LogP contribution in [0.4, 0.5) is 0 Å². The third-order valence-corrected chi connectivity index (χ3v) is 6.46. The van der Waals surface area contributed by atoms with Crippen LogP contribution in [0.25, 0.3) is 22.5 Å². The Hall–Kier alpha value is -4.86. The molecule has 0 radical (unpaired) electrons. The number of aryl methyl sites for hydroxylation is 1. The largest absolute Gasteiger partial charge is 0.471 e. The van der Waals surface area contributed by atoms with Gasteiger partial charge in [0.15, 0.2) is 6.73 Å². The van der Waals surface area contributed by atoms with E-state index in [-0.39, 0.29) is 25.6 Å². The number of hydrogen-bond donors (Lipinski definition) is 1. The van der Waals surface area contributed by atoms with Gasteiger partial charge >= 0.3 is 0 Å². The summed E-state index contributed by atoms with van der Waals surface area (Å²) in [4.78, 5) is 24.4. The van der Waals surface area contributed by atoms with E-state index in [1.807, 2.05) is 42.5 Å². The van der Waals surface area contributed by atoms with Gasteiger partial charge in [-0.25, -0.2) is 4.68 Å². The first-order valence-corrected chi connectivity index (χ1v) is 13.3. The summed E-state index contributed by atoms with van der Waals surface area (Å²) in [5.41, 5.74) is 3.72. The first kappa shape index (κ1) is 26.7. The third kappa shape index (κ3) is 7.16. The van der Waals surface area contributed by atoms with Crippen LogP contribution in [0.5, 0.6) is 5.75 Å². The number of aromatic nitrogens is 5. The van der Waals surface area contributed by atoms with Crippen molar-refractivity contribution >= 4 is 22.7 Å². The lowest BCUT2D eigenvalue weighted by Crippen LogP contribution is -2.30. The second-order valence-corrected chi connectivity index (χ2v) is 9.38. The number of amides is 1. The lowest BCUT2D eigenvalue weighted by Gasteiger charge is -2.06. The van der Waals surface area contributed by atoms with E-state index in [2.05, 4.69) is 38.0 Å². The van der Waals surface area contributed by atoms with E-state index in [9.17, 15) is 9.59 Å². The van der Waals surface area contributed by atoms with Gasteiger partial charge in [0.1, 0.15) is 11.3 Å². The van der Waals surface area contributed by atoms with Crippen molar-refractivity contribution in [3.05, 3.63) is 90.3 Å². The molecule has 0 aliphatic rings. The smallest absolute Gasteiger partial charge is 0.287 e. The van der Waals surface area contributed by atoms with Gasteiger partial charge in [-0.3, -0.25) is 9.59 Å². The number of Topliss-reactive ketones (excluding diaryl/α,β-unsaturated/α-hetero) is 1. The number of ketones is 1. The Morgan fingerprint density at radius 1 is 0.825 bits per heavy atom. The second kappa shape index (κ2) is 13.3. The molecule has 0 unspecified atom stereocenters. The molecule has 204 valence electrons. The van der Waals surface area contributed by atoms with Crippen molar-refractivity contribution in [3.8, 4) is 17.2 Å². The van der Waals surface area contributed by atoms with Crippen LogP contribution in [0.3, 0.4) is 0 Å². The van der Waals surface area contributed by atoms with Gasteiger partial charge in [0, 0.05) is 12.0 Å². The summed E-state index contributed by atoms with van der Waals surface area (Å²) in [6.45, 7) is 0.207. The zero-order valence-electron chi connectivity index (χ0n) is 22.0. The van der Waals surface area contributed by atoms with Crippen LogP contribution in [0, 0.1) is 0 Å². The van der Waals surface area contributed by atoms with Gasteiger partial charge in [-0.05, 0) is 61.2 Å². The predicted octanol–water partition coefficient (Wildman–Crippen LogP) is 4.90. The molecule has 0 fully saturated rings. The van der Waals surface area contributed by atoms with Gasteiger partial charge in [-0.2, -0.15) is 0 Å². The van der Waals surface area contributed by atoms with Crippen molar-refractivity contribution in [3.63, 3.8) is 0 Å². The van der Waals surface area contributed by atoms with E-state index in [0.29, 0.717) is 23.6 Å². The molecule has 1 N–H and O–H groups in total. The fourth-order valence-electron chi connectivity index (χ4n) is 4.26. The molecule has 5 rings (SSSR count). The summed E-state index contributed by atoms with van der Waals surface area (Å²) in [5.74, 6) is 0.100. The van der Waals surface area contributed by atoms with Gasteiger partial charge in [0.2, 0.25) is 17.6 Å². The lowest BCUT2D eigenvalue weighted by molar-refractivity contribution is -0.138. The Labute approximate surface area is 231 Å². The summed E-state index contributed by atoms with van der Waals surface area (Å²) in [6.07, 6.45) is 4.97. The van der Waals surface area contributed by atoms with Crippen molar-refractivity contribution in [2.24, 2.45) is 0 Å². The number of nitrogens with zero attached hydrogens (tertiary/aromatic N) is 5. The van der Waals surface area contributed by atoms with Crippen molar-refractivity contribution in [1.82, 2.24) is 30.5 Å². The molecular formula is C30H30N6O4. The Morgan fingerprint density at radius 2 is 1.60 bits per heavy atom. The maximum absolute atomic E-state index is 12.2. The molecule has 0 atom stereocenters. The quantitative estimate of drug-likeness (QED) is 0.156. The van der Waals surface area contributed by atoms with E-state index in [1.165, 1.54) is 5.56 Å². The van der Waals surface area contributed by atoms with Crippen LogP contribution in [-0.2, 0) is 29.3 Å². The number of carbonyl (C=O) groups is 2. The summed E-state index contributed by atoms with van der Waals surface area (Å²) < 4.78 is 13.2. The average Bonchev–Trinajstić information content (AvgIpc) is 3.65. The number of rotatable bonds is 14. The Bertz CT molecular complexity index is 1550. The fourth-order valence-corrected chi connectivity index (χ4v) is 4.26. The standard InChI is InChI=1S/C30H30N6O4/c37-27(15-7-2-1-4-10-22-11-5-3-6-12-22)29(38)31-20-28-33-34-30(40-28)23-16-18-24(19-17-23)39-21-36-26-14-9-8-13-25(26)32-35-36/h3,5-6,8-9,11-14,16-19H,1-2,4,7,10,15,20-21H2,(H,31,38). The molecule has 5 aromatic rings. The number of unbranched alkanes of at least 4 members (excludes halogenated alkanes) is 3. The SMILES string of the molecule is O=C(CCCCCCc1ccccc1)C(=O)NCc1nnc(-c2ccc(OCn3nnc4ccccc43)cc2)o1. The summed E-state index contributed by atoms with van der Waals surface area (Å²) in [6, 6.07) is 25.2. The topological polar surface area (TPSA) is 125 Å². The maximum Gasteiger partial charge on any atom is 0.287 e. The number of nitrogens with one attached hydrogen (secondary N) is 1. The van der Waals surface area contributed by atoms with Crippen LogP contribution in [0.15, 0.2) is 83.3 Å². The van der Waals surface area contributed by atoms with Crippen LogP contribution in [-0.4, -0.2) is 36.9 Å². The zero-order chi connectivity index (χ0) is 27.6. The number of hydrogen-bond acceptors (Lipinski definition) is 8. The molecule has 0 saturated heterocycles. The number of fused-ring (bicyclic) bond motifs is 1. The summed E-state index contributed by atoms with van der Waals surface area (Å²) >= 11 is 0. The molecule has 10 nitrogen and oxygen atoms in total. The van der Waals surface area contributed by atoms with Gasteiger partial charge in [-0.1, -0.05) is 60.5 Å². The van der Waals surface area contributed by atoms with Gasteiger partial charge in [-0.15, -0.1) is 15.3 Å². The highest BCUT2D eigenvalue weighted by Gasteiger charge is 2.15. The predicted molar refractivity (Wildman–Crippen MR) is 148 cm³/mol. The summed E-state index contributed by atoms with van der Waals surface area (Å²) in [5, 5.41) is 18.8. The lowest BCUT2D eigenvalue weighted by atomic mass is 10.0. The minimum Gasteiger partial charge on any atom is -0.471 e. The van der Waals surface area contributed by atoms with E-state index in [1.54, 1.807) is 28.9 Å². The third-order valence-electron chi connectivity index (χ3n) is 6.46. The first-order chi connectivity index (χ1) is 19.7. The van der Waals surface area contributed by atoms with Crippen molar-refractivity contribution in [2.45, 2.75) is 51.8 Å². The van der Waals surface area contributed by atoms with Gasteiger partial charge < -0.3 is 14.5 Å². The highest BCUT2D eigenvalue weighted by molar-refractivity contribution is 6.36. The minimum atomic E-state index is -0.634. The molecule has 0 aliphatic heterocycles. The molecule has 2 aromatic heterocycles. The Morgan fingerprint density at radius 3 is 2.45 bits per heavy atom. The van der Waals surface area contributed by atoms with Crippen molar-refractivity contribution < 1.29 is 18.7 Å². The highest BCUT2D eigenvalue weighted by Crippen LogP contribution is 2.22. The molecule has 0 aliphatic carbocycles. The monoisotopic (exact) mass is 538 g/mol. The maximum atomic E-state index is 12.2. The molecule has 0 saturated carbocycles. The highest BCUT2D eigenvalue weighted by atomic mass is 16.5. The molecule has 0 bridgehead atoms. The zero-order valence-corrected chi connectivity index (χ0v) is 22.0. The Balaban J connectivity index is 1.01. The minimum absolute atomic E-state index is 0.0122. The number of ether oxygens (including phenoxy) is 1. The van der Waals surface area contributed by atoms with Crippen LogP contribution < -0.4 is 10.1 Å². The fraction of sp³-hybridized carbons (Fsp3) is 0.267. The normalized spacial score (nSPS) is 11.0. The van der Waals surface area contributed by atoms with Crippen molar-refractivity contribution in [2.75, 3.05) is 0 Å². The number of benzene rings is 3. The first-order valence-electron chi connectivity index (χ1n) is 13.3. The molecule has 3 aromatic carbocycles. The molecule has 2 heterocycles. The van der Waals surface area contributed by atoms with Gasteiger partial charge in [0.25, 0.3) is 5.91 Å². The summed E-state index contributed by atoms with van der Waals surface area (Å²) in [7, 11) is 0. The Kier molecular flexibility index (Phi) is 8.87. The van der Waals surface area contributed by atoms with Crippen LogP contribution in [0.2, 0.25) is 0 Å². The van der Waals surface area contributed by atoms with E-state index < -0.39 is 11.7 Å². The molecule has 40 heavy (non-hydrogen) atoms. The van der Waals surface area contributed by atoms with E-state index >= 15 is 0 Å². The van der Waals surface area contributed by atoms with E-state index in [4.69, 9.17) is 9.15 Å². The second-order valence-electron chi connectivity index (χ2n) is 9.38.